The van der Waals surface area contributed by atoms with E-state index in [1.165, 1.54) is 18.7 Å². The second kappa shape index (κ2) is 5.65. The second-order valence-corrected chi connectivity index (χ2v) is 4.26. The highest BCUT2D eigenvalue weighted by Crippen LogP contribution is 2.16. The summed E-state index contributed by atoms with van der Waals surface area (Å²) in [6.45, 7) is 1.54. The molecule has 0 aromatic carbocycles. The monoisotopic (exact) mass is 237 g/mol. The zero-order valence-electron chi connectivity index (χ0n) is 9.89. The number of nitrogens with zero attached hydrogens (tertiary/aromatic N) is 3. The molecule has 0 atom stereocenters. The average molecular weight is 237 g/mol. The van der Waals surface area contributed by atoms with Crippen molar-refractivity contribution < 1.29 is 4.79 Å². The molecule has 86 valence electrons. The summed E-state index contributed by atoms with van der Waals surface area (Å²) in [7, 11) is 3.75. The fourth-order valence-corrected chi connectivity index (χ4v) is 1.54. The van der Waals surface area contributed by atoms with E-state index in [9.17, 15) is 4.79 Å². The summed E-state index contributed by atoms with van der Waals surface area (Å²) in [6.07, 6.45) is 5.34. The molecule has 16 heavy (non-hydrogen) atoms. The van der Waals surface area contributed by atoms with E-state index in [-0.39, 0.29) is 5.78 Å². The zero-order valence-corrected chi connectivity index (χ0v) is 10.7. The van der Waals surface area contributed by atoms with E-state index < -0.39 is 0 Å². The summed E-state index contributed by atoms with van der Waals surface area (Å²) in [6, 6.07) is 1.75. The molecule has 0 saturated carbocycles. The minimum Gasteiger partial charge on any atom is -0.383 e. The maximum absolute atomic E-state index is 11.5. The van der Waals surface area contributed by atoms with Crippen LogP contribution in [-0.4, -0.2) is 41.0 Å². The number of thioether (sulfide) groups is 1. The summed E-state index contributed by atoms with van der Waals surface area (Å²) >= 11 is 1.46. The Labute approximate surface area is 99.8 Å². The Morgan fingerprint density at radius 3 is 2.69 bits per heavy atom. The van der Waals surface area contributed by atoms with Crippen molar-refractivity contribution in [3.05, 3.63) is 24.2 Å². The summed E-state index contributed by atoms with van der Waals surface area (Å²) in [5.41, 5.74) is 1.27. The van der Waals surface area contributed by atoms with Gasteiger partial charge in [-0.15, -0.1) is 0 Å². The van der Waals surface area contributed by atoms with Crippen LogP contribution in [0.15, 0.2) is 23.6 Å². The zero-order chi connectivity index (χ0) is 12.1. The molecule has 0 aliphatic heterocycles. The van der Waals surface area contributed by atoms with Gasteiger partial charge in [-0.2, -0.15) is 0 Å². The molecule has 5 heteroatoms. The summed E-state index contributed by atoms with van der Waals surface area (Å²) < 4.78 is 0. The first-order chi connectivity index (χ1) is 7.54. The fraction of sp³-hybridized carbons (Fsp3) is 0.364. The van der Waals surface area contributed by atoms with Crippen LogP contribution in [0.5, 0.6) is 0 Å². The molecule has 0 radical (unpaired) electrons. The lowest BCUT2D eigenvalue weighted by Gasteiger charge is -2.09. The van der Waals surface area contributed by atoms with Gasteiger partial charge in [0, 0.05) is 26.5 Å². The van der Waals surface area contributed by atoms with Gasteiger partial charge in [0.25, 0.3) is 0 Å². The van der Waals surface area contributed by atoms with Crippen molar-refractivity contribution in [2.45, 2.75) is 12.1 Å². The van der Waals surface area contributed by atoms with E-state index in [0.717, 1.165) is 0 Å². The number of Topliss-reactive ketones (excluding diaryl/α,β-unsaturated/α-hetero) is 1. The minimum atomic E-state index is -0.000506. The Kier molecular flexibility index (Phi) is 4.49. The molecule has 0 fully saturated rings. The van der Waals surface area contributed by atoms with Crippen molar-refractivity contribution in [1.82, 2.24) is 14.9 Å². The number of hydrogen-bond donors (Lipinski definition) is 0. The SMILES string of the molecule is CSc1nccc(C(=CN(C)C)C(C)=O)n1. The van der Waals surface area contributed by atoms with Gasteiger partial charge in [0.05, 0.1) is 11.3 Å². The van der Waals surface area contributed by atoms with Crippen molar-refractivity contribution >= 4 is 23.1 Å². The van der Waals surface area contributed by atoms with E-state index in [0.29, 0.717) is 16.4 Å². The first-order valence-corrected chi connectivity index (χ1v) is 6.03. The molecule has 1 rings (SSSR count). The van der Waals surface area contributed by atoms with Gasteiger partial charge in [-0.3, -0.25) is 4.79 Å². The number of hydrogen-bond acceptors (Lipinski definition) is 5. The topological polar surface area (TPSA) is 46.1 Å². The molecule has 1 heterocycles. The first-order valence-electron chi connectivity index (χ1n) is 4.81. The Morgan fingerprint density at radius 1 is 1.50 bits per heavy atom. The Hall–Kier alpha value is -1.36. The van der Waals surface area contributed by atoms with Crippen molar-refractivity contribution in [2.75, 3.05) is 20.4 Å². The van der Waals surface area contributed by atoms with Gasteiger partial charge in [0.1, 0.15) is 0 Å². The van der Waals surface area contributed by atoms with Gasteiger partial charge < -0.3 is 4.90 Å². The maximum Gasteiger partial charge on any atom is 0.187 e. The lowest BCUT2D eigenvalue weighted by molar-refractivity contribution is -0.111. The van der Waals surface area contributed by atoms with E-state index in [4.69, 9.17) is 0 Å². The fourth-order valence-electron chi connectivity index (χ4n) is 1.18. The van der Waals surface area contributed by atoms with Gasteiger partial charge in [0.15, 0.2) is 10.9 Å². The van der Waals surface area contributed by atoms with Gasteiger partial charge in [-0.05, 0) is 19.2 Å². The normalized spacial score (nSPS) is 11.4. The van der Waals surface area contributed by atoms with Crippen molar-refractivity contribution in [3.63, 3.8) is 0 Å². The summed E-state index contributed by atoms with van der Waals surface area (Å²) in [5, 5.41) is 0.670. The molecule has 0 bridgehead atoms. The third-order valence-corrected chi connectivity index (χ3v) is 2.42. The first kappa shape index (κ1) is 12.7. The largest absolute Gasteiger partial charge is 0.383 e. The standard InChI is InChI=1S/C11H15N3OS/c1-8(15)9(7-14(2)3)10-5-6-12-11(13-10)16-4/h5-7H,1-4H3. The van der Waals surface area contributed by atoms with Crippen LogP contribution in [0, 0.1) is 0 Å². The lowest BCUT2D eigenvalue weighted by Crippen LogP contribution is -2.08. The Bertz CT molecular complexity index is 415. The smallest absolute Gasteiger partial charge is 0.187 e. The average Bonchev–Trinajstić information content (AvgIpc) is 2.25. The lowest BCUT2D eigenvalue weighted by atomic mass is 10.1. The van der Waals surface area contributed by atoms with Crippen LogP contribution < -0.4 is 0 Å². The molecule has 0 spiro atoms. The van der Waals surface area contributed by atoms with Crippen LogP contribution in [0.1, 0.15) is 12.6 Å². The third kappa shape index (κ3) is 3.34. The molecular formula is C11H15N3OS. The number of carbonyl (C=O) groups excluding carboxylic acids is 1. The molecule has 0 N–H and O–H groups in total. The van der Waals surface area contributed by atoms with Gasteiger partial charge in [0.2, 0.25) is 0 Å². The third-order valence-electron chi connectivity index (χ3n) is 1.86. The highest BCUT2D eigenvalue weighted by Gasteiger charge is 2.10. The van der Waals surface area contributed by atoms with Gasteiger partial charge in [-0.25, -0.2) is 9.97 Å². The summed E-state index contributed by atoms with van der Waals surface area (Å²) in [5.74, 6) is -0.000506. The Balaban J connectivity index is 3.16. The number of ketones is 1. The highest BCUT2D eigenvalue weighted by atomic mass is 32.2. The molecular weight excluding hydrogens is 222 g/mol. The van der Waals surface area contributed by atoms with Gasteiger partial charge >= 0.3 is 0 Å². The van der Waals surface area contributed by atoms with Crippen molar-refractivity contribution in [3.8, 4) is 0 Å². The molecule has 0 aliphatic carbocycles. The molecule has 0 saturated heterocycles. The van der Waals surface area contributed by atoms with Crippen LogP contribution in [0.25, 0.3) is 5.57 Å². The van der Waals surface area contributed by atoms with E-state index in [1.54, 1.807) is 18.5 Å². The maximum atomic E-state index is 11.5. The summed E-state index contributed by atoms with van der Waals surface area (Å²) in [4.78, 5) is 21.7. The number of carbonyl (C=O) groups is 1. The van der Waals surface area contributed by atoms with Crippen LogP contribution in [0.3, 0.4) is 0 Å². The predicted octanol–water partition coefficient (Wildman–Crippen LogP) is 1.69. The van der Waals surface area contributed by atoms with Gasteiger partial charge in [-0.1, -0.05) is 11.8 Å². The Morgan fingerprint density at radius 2 is 2.19 bits per heavy atom. The van der Waals surface area contributed by atoms with Crippen LogP contribution in [0.4, 0.5) is 0 Å². The number of aromatic nitrogens is 2. The van der Waals surface area contributed by atoms with E-state index in [2.05, 4.69) is 9.97 Å². The van der Waals surface area contributed by atoms with E-state index >= 15 is 0 Å². The van der Waals surface area contributed by atoms with Crippen molar-refractivity contribution in [1.29, 1.82) is 0 Å². The molecule has 0 aliphatic rings. The van der Waals surface area contributed by atoms with Crippen molar-refractivity contribution in [2.24, 2.45) is 0 Å². The number of rotatable bonds is 4. The van der Waals surface area contributed by atoms with Crippen LogP contribution >= 0.6 is 11.8 Å². The molecule has 1 aromatic heterocycles. The molecule has 4 nitrogen and oxygen atoms in total. The van der Waals surface area contributed by atoms with Crippen LogP contribution in [0.2, 0.25) is 0 Å². The predicted molar refractivity (Wildman–Crippen MR) is 66.2 cm³/mol. The molecule has 0 amide bonds. The number of allylic oxidation sites excluding steroid dienone is 1. The second-order valence-electron chi connectivity index (χ2n) is 3.49. The molecule has 1 aromatic rings. The quantitative estimate of drug-likeness (QED) is 0.453. The molecule has 0 unspecified atom stereocenters. The van der Waals surface area contributed by atoms with E-state index in [1.807, 2.05) is 25.3 Å². The minimum absolute atomic E-state index is 0.000506. The van der Waals surface area contributed by atoms with Crippen LogP contribution in [-0.2, 0) is 4.79 Å². The highest BCUT2D eigenvalue weighted by molar-refractivity contribution is 7.98.